The number of rotatable bonds is 3. The van der Waals surface area contributed by atoms with Crippen LogP contribution in [0.1, 0.15) is 74.9 Å². The van der Waals surface area contributed by atoms with Gasteiger partial charge in [0.15, 0.2) is 0 Å². The molecule has 1 atom stereocenters. The number of amides is 2. The van der Waals surface area contributed by atoms with Crippen molar-refractivity contribution >= 4 is 29.5 Å². The Bertz CT molecular complexity index is 1530. The number of phenolic OH excluding ortho intramolecular Hbond substituents is 1. The van der Waals surface area contributed by atoms with Crippen molar-refractivity contribution < 1.29 is 19.4 Å². The molecule has 1 aromatic heterocycles. The molecule has 2 amide bonds. The number of hydrogen-bond acceptors (Lipinski definition) is 7. The van der Waals surface area contributed by atoms with E-state index in [0.29, 0.717) is 31.3 Å². The first-order valence-corrected chi connectivity index (χ1v) is 13.8. The largest absolute Gasteiger partial charge is 0.508 e. The molecule has 1 unspecified atom stereocenters. The Morgan fingerprint density at radius 1 is 1.15 bits per heavy atom. The maximum Gasteiger partial charge on any atom is 0.410 e. The van der Waals surface area contributed by atoms with Crippen molar-refractivity contribution in [2.24, 2.45) is 0 Å². The van der Waals surface area contributed by atoms with Gasteiger partial charge in [-0.15, -0.1) is 0 Å². The van der Waals surface area contributed by atoms with E-state index >= 15 is 0 Å². The summed E-state index contributed by atoms with van der Waals surface area (Å²) in [7, 11) is 0. The van der Waals surface area contributed by atoms with Gasteiger partial charge in [0.25, 0.3) is 0 Å². The third kappa shape index (κ3) is 4.43. The molecule has 40 heavy (non-hydrogen) atoms. The Kier molecular flexibility index (Phi) is 6.01. The van der Waals surface area contributed by atoms with Gasteiger partial charge in [0.2, 0.25) is 11.9 Å². The Labute approximate surface area is 234 Å². The van der Waals surface area contributed by atoms with Gasteiger partial charge in [0.05, 0.1) is 11.5 Å². The molecule has 208 valence electrons. The molecule has 0 bridgehead atoms. The van der Waals surface area contributed by atoms with Crippen molar-refractivity contribution in [3.8, 4) is 5.75 Å². The summed E-state index contributed by atoms with van der Waals surface area (Å²) in [5.74, 6) is 1.28. The third-order valence-corrected chi connectivity index (χ3v) is 8.08. The average Bonchev–Trinajstić information content (AvgIpc) is 3.40. The van der Waals surface area contributed by atoms with E-state index in [2.05, 4.69) is 16.4 Å². The van der Waals surface area contributed by atoms with Gasteiger partial charge in [-0.1, -0.05) is 18.2 Å². The summed E-state index contributed by atoms with van der Waals surface area (Å²) < 4.78 is 5.54. The van der Waals surface area contributed by atoms with Crippen LogP contribution < -0.4 is 10.2 Å². The second-order valence-corrected chi connectivity index (χ2v) is 12.4. The highest BCUT2D eigenvalue weighted by Gasteiger charge is 2.49. The first kappa shape index (κ1) is 26.1. The van der Waals surface area contributed by atoms with Crippen molar-refractivity contribution in [2.45, 2.75) is 77.5 Å². The van der Waals surface area contributed by atoms with Crippen LogP contribution in [-0.2, 0) is 34.3 Å². The van der Waals surface area contributed by atoms with Gasteiger partial charge in [-0.2, -0.15) is 4.98 Å². The predicted octanol–water partition coefficient (Wildman–Crippen LogP) is 5.53. The SMILES string of the molecule is CC(C)(C)OC(=O)N1CCc2cc(Nc3ncc4c(n3)N(C3CCc5c(O)cccc53)C(=O)C4(C)C)ccc2C1. The van der Waals surface area contributed by atoms with Crippen LogP contribution >= 0.6 is 0 Å². The summed E-state index contributed by atoms with van der Waals surface area (Å²) in [6, 6.07) is 11.4. The van der Waals surface area contributed by atoms with E-state index in [1.54, 1.807) is 22.1 Å². The van der Waals surface area contributed by atoms with Gasteiger partial charge in [-0.25, -0.2) is 9.78 Å². The second-order valence-electron chi connectivity index (χ2n) is 12.4. The number of hydrogen-bond donors (Lipinski definition) is 2. The van der Waals surface area contributed by atoms with E-state index in [4.69, 9.17) is 9.72 Å². The highest BCUT2D eigenvalue weighted by atomic mass is 16.6. The number of nitrogens with one attached hydrogen (secondary N) is 1. The normalized spacial score (nSPS) is 19.2. The number of carbonyl (C=O) groups is 2. The topological polar surface area (TPSA) is 108 Å². The van der Waals surface area contributed by atoms with Crippen molar-refractivity contribution in [3.63, 3.8) is 0 Å². The fourth-order valence-corrected chi connectivity index (χ4v) is 5.98. The Morgan fingerprint density at radius 3 is 2.73 bits per heavy atom. The summed E-state index contributed by atoms with van der Waals surface area (Å²) in [4.78, 5) is 39.2. The Hall–Kier alpha value is -4.14. The van der Waals surface area contributed by atoms with E-state index < -0.39 is 11.0 Å². The van der Waals surface area contributed by atoms with Crippen molar-refractivity contribution in [3.05, 3.63) is 70.4 Å². The quantitative estimate of drug-likeness (QED) is 0.449. The number of nitrogens with zero attached hydrogens (tertiary/aromatic N) is 4. The lowest BCUT2D eigenvalue weighted by Gasteiger charge is -2.31. The van der Waals surface area contributed by atoms with Crippen LogP contribution in [-0.4, -0.2) is 44.1 Å². The van der Waals surface area contributed by atoms with Crippen LogP contribution in [0.25, 0.3) is 0 Å². The standard InChI is InChI=1S/C31H35N5O4/c1-30(2,3)40-29(39)35-14-13-18-15-20(10-9-19(18)17-35)33-28-32-16-23-26(34-28)36(27(38)31(23,4)5)24-12-11-22-21(24)7-6-8-25(22)37/h6-10,15-16,24,37H,11-14,17H2,1-5H3,(H,32,33,34). The molecule has 6 rings (SSSR count). The van der Waals surface area contributed by atoms with Crippen LogP contribution in [0.15, 0.2) is 42.6 Å². The first-order valence-electron chi connectivity index (χ1n) is 13.8. The van der Waals surface area contributed by atoms with Crippen LogP contribution in [0.2, 0.25) is 0 Å². The summed E-state index contributed by atoms with van der Waals surface area (Å²) in [6.45, 7) is 10.5. The lowest BCUT2D eigenvalue weighted by atomic mass is 9.88. The fourth-order valence-electron chi connectivity index (χ4n) is 5.98. The van der Waals surface area contributed by atoms with Gasteiger partial charge in [-0.05, 0) is 94.3 Å². The minimum atomic E-state index is -0.751. The molecule has 2 aromatic carbocycles. The molecular weight excluding hydrogens is 506 g/mol. The number of anilines is 3. The number of carbonyl (C=O) groups excluding carboxylic acids is 2. The van der Waals surface area contributed by atoms with Gasteiger partial charge in [0, 0.05) is 30.5 Å². The minimum absolute atomic E-state index is 0.0153. The molecule has 3 heterocycles. The monoisotopic (exact) mass is 541 g/mol. The van der Waals surface area contributed by atoms with Gasteiger partial charge >= 0.3 is 6.09 Å². The van der Waals surface area contributed by atoms with Crippen molar-refractivity contribution in [1.82, 2.24) is 14.9 Å². The van der Waals surface area contributed by atoms with E-state index in [0.717, 1.165) is 46.3 Å². The van der Waals surface area contributed by atoms with Gasteiger partial charge in [-0.3, -0.25) is 9.69 Å². The molecular formula is C31H35N5O4. The second kappa shape index (κ2) is 9.21. The number of ether oxygens (including phenoxy) is 1. The number of fused-ring (bicyclic) bond motifs is 3. The zero-order valence-electron chi connectivity index (χ0n) is 23.6. The van der Waals surface area contributed by atoms with E-state index in [-0.39, 0.29) is 23.8 Å². The molecule has 0 spiro atoms. The molecule has 3 aliphatic rings. The highest BCUT2D eigenvalue weighted by Crippen LogP contribution is 2.49. The van der Waals surface area contributed by atoms with Gasteiger partial charge in [0.1, 0.15) is 17.2 Å². The molecule has 0 radical (unpaired) electrons. The molecule has 9 heteroatoms. The van der Waals surface area contributed by atoms with E-state index in [1.807, 2.05) is 58.9 Å². The number of phenols is 1. The fraction of sp³-hybridized carbons (Fsp3) is 0.419. The minimum Gasteiger partial charge on any atom is -0.508 e. The summed E-state index contributed by atoms with van der Waals surface area (Å²) in [5, 5.41) is 13.7. The molecule has 0 saturated carbocycles. The molecule has 0 saturated heterocycles. The molecule has 0 fully saturated rings. The molecule has 9 nitrogen and oxygen atoms in total. The van der Waals surface area contributed by atoms with Crippen LogP contribution in [0.5, 0.6) is 5.75 Å². The van der Waals surface area contributed by atoms with Crippen LogP contribution in [0.4, 0.5) is 22.2 Å². The zero-order valence-corrected chi connectivity index (χ0v) is 23.6. The predicted molar refractivity (Wildman–Crippen MR) is 152 cm³/mol. The molecule has 3 aromatic rings. The van der Waals surface area contributed by atoms with Crippen molar-refractivity contribution in [2.75, 3.05) is 16.8 Å². The van der Waals surface area contributed by atoms with Gasteiger partial charge < -0.3 is 20.1 Å². The summed E-state index contributed by atoms with van der Waals surface area (Å²) >= 11 is 0. The lowest BCUT2D eigenvalue weighted by molar-refractivity contribution is -0.122. The zero-order chi connectivity index (χ0) is 28.4. The van der Waals surface area contributed by atoms with Crippen molar-refractivity contribution in [1.29, 1.82) is 0 Å². The lowest BCUT2D eigenvalue weighted by Crippen LogP contribution is -2.39. The van der Waals surface area contributed by atoms with E-state index in [1.165, 1.54) is 0 Å². The highest BCUT2D eigenvalue weighted by molar-refractivity contribution is 6.07. The Morgan fingerprint density at radius 2 is 1.95 bits per heavy atom. The maximum absolute atomic E-state index is 13.7. The van der Waals surface area contributed by atoms with E-state index in [9.17, 15) is 14.7 Å². The Balaban J connectivity index is 1.25. The van der Waals surface area contributed by atoms with Crippen LogP contribution in [0, 0.1) is 0 Å². The number of aromatic nitrogens is 2. The van der Waals surface area contributed by atoms with Crippen LogP contribution in [0.3, 0.4) is 0 Å². The molecule has 1 aliphatic carbocycles. The average molecular weight is 542 g/mol. The molecule has 2 aliphatic heterocycles. The summed E-state index contributed by atoms with van der Waals surface area (Å²) in [5.41, 5.74) is 4.47. The smallest absolute Gasteiger partial charge is 0.410 e. The summed E-state index contributed by atoms with van der Waals surface area (Å²) in [6.07, 6.45) is 3.61. The molecule has 2 N–H and O–H groups in total. The third-order valence-electron chi connectivity index (χ3n) is 8.08. The maximum atomic E-state index is 13.7. The first-order chi connectivity index (χ1) is 18.9. The number of benzene rings is 2. The number of aromatic hydroxyl groups is 1.